The van der Waals surface area contributed by atoms with Gasteiger partial charge in [0.2, 0.25) is 5.95 Å². The summed E-state index contributed by atoms with van der Waals surface area (Å²) < 4.78 is 0. The quantitative estimate of drug-likeness (QED) is 0.424. The molecule has 0 unspecified atom stereocenters. The number of nitrogens with zero attached hydrogens (tertiary/aromatic N) is 3. The molecule has 0 saturated carbocycles. The van der Waals surface area contributed by atoms with Crippen LogP contribution < -0.4 is 10.6 Å². The number of amides is 2. The second-order valence-corrected chi connectivity index (χ2v) is 6.56. The van der Waals surface area contributed by atoms with Crippen molar-refractivity contribution in [1.82, 2.24) is 25.3 Å². The van der Waals surface area contributed by atoms with Crippen molar-refractivity contribution in [2.45, 2.75) is 13.8 Å². The van der Waals surface area contributed by atoms with Crippen LogP contribution in [0.1, 0.15) is 12.5 Å². The summed E-state index contributed by atoms with van der Waals surface area (Å²) in [6, 6.07) is 10.8. The first-order chi connectivity index (χ1) is 14.0. The van der Waals surface area contributed by atoms with Crippen LogP contribution in [0.2, 0.25) is 0 Å². The van der Waals surface area contributed by atoms with Crippen molar-refractivity contribution >= 4 is 23.0 Å². The molecule has 0 aliphatic carbocycles. The summed E-state index contributed by atoms with van der Waals surface area (Å²) in [5, 5.41) is 15.5. The van der Waals surface area contributed by atoms with Gasteiger partial charge in [-0.25, -0.2) is 19.7 Å². The van der Waals surface area contributed by atoms with E-state index in [1.54, 1.807) is 24.5 Å². The molecular weight excluding hydrogens is 368 g/mol. The average Bonchev–Trinajstić information content (AvgIpc) is 3.12. The number of rotatable bonds is 4. The third-order valence-corrected chi connectivity index (χ3v) is 4.51. The summed E-state index contributed by atoms with van der Waals surface area (Å²) in [5.74, 6) is 1.07. The lowest BCUT2D eigenvalue weighted by molar-refractivity contribution is 0.252. The topological polar surface area (TPSA) is 116 Å². The molecule has 146 valence electrons. The number of aryl methyl sites for hydroxylation is 1. The van der Waals surface area contributed by atoms with E-state index in [9.17, 15) is 9.90 Å². The van der Waals surface area contributed by atoms with Crippen LogP contribution in [-0.4, -0.2) is 37.6 Å². The number of phenolic OH excluding ortho intramolecular Hbond substituents is 1. The molecule has 2 aromatic heterocycles. The lowest BCUT2D eigenvalue weighted by atomic mass is 10.00. The van der Waals surface area contributed by atoms with E-state index in [0.717, 1.165) is 27.8 Å². The Morgan fingerprint density at radius 3 is 2.66 bits per heavy atom. The molecule has 8 heteroatoms. The van der Waals surface area contributed by atoms with Crippen LogP contribution in [0.4, 0.5) is 10.7 Å². The number of carbonyl (C=O) groups is 1. The Hall–Kier alpha value is -3.94. The molecule has 4 N–H and O–H groups in total. The van der Waals surface area contributed by atoms with Crippen molar-refractivity contribution in [3.63, 3.8) is 0 Å². The Bertz CT molecular complexity index is 1190. The van der Waals surface area contributed by atoms with Crippen molar-refractivity contribution in [2.24, 2.45) is 0 Å². The van der Waals surface area contributed by atoms with Crippen LogP contribution >= 0.6 is 0 Å². The molecule has 8 nitrogen and oxygen atoms in total. The Morgan fingerprint density at radius 1 is 1.14 bits per heavy atom. The summed E-state index contributed by atoms with van der Waals surface area (Å²) in [6.45, 7) is 4.20. The molecular formula is C21H20N6O2. The number of H-pyrrole nitrogens is 1. The van der Waals surface area contributed by atoms with Crippen LogP contribution in [0.5, 0.6) is 5.75 Å². The average molecular weight is 388 g/mol. The van der Waals surface area contributed by atoms with E-state index >= 15 is 0 Å². The molecule has 4 rings (SSSR count). The second kappa shape index (κ2) is 7.59. The van der Waals surface area contributed by atoms with Crippen LogP contribution in [0.25, 0.3) is 33.5 Å². The Kier molecular flexibility index (Phi) is 4.82. The van der Waals surface area contributed by atoms with Gasteiger partial charge in [0, 0.05) is 24.5 Å². The minimum absolute atomic E-state index is 0.225. The molecule has 0 bridgehead atoms. The van der Waals surface area contributed by atoms with E-state index in [0.29, 0.717) is 23.8 Å². The van der Waals surface area contributed by atoms with E-state index in [-0.39, 0.29) is 11.8 Å². The van der Waals surface area contributed by atoms with Crippen molar-refractivity contribution in [3.8, 4) is 28.3 Å². The summed E-state index contributed by atoms with van der Waals surface area (Å²) in [7, 11) is 0. The third-order valence-electron chi connectivity index (χ3n) is 4.51. The first-order valence-electron chi connectivity index (χ1n) is 9.21. The van der Waals surface area contributed by atoms with Crippen LogP contribution in [0.15, 0.2) is 48.8 Å². The summed E-state index contributed by atoms with van der Waals surface area (Å²) >= 11 is 0. The van der Waals surface area contributed by atoms with E-state index in [2.05, 4.69) is 30.6 Å². The molecule has 0 atom stereocenters. The number of aromatic hydroxyl groups is 1. The van der Waals surface area contributed by atoms with Gasteiger partial charge in [0.05, 0.1) is 5.52 Å². The van der Waals surface area contributed by atoms with Gasteiger partial charge in [0.25, 0.3) is 0 Å². The first kappa shape index (κ1) is 18.4. The van der Waals surface area contributed by atoms with Crippen molar-refractivity contribution in [2.75, 3.05) is 11.9 Å². The number of phenols is 1. The minimum atomic E-state index is -0.340. The van der Waals surface area contributed by atoms with Crippen LogP contribution in [0.3, 0.4) is 0 Å². The van der Waals surface area contributed by atoms with Gasteiger partial charge in [-0.15, -0.1) is 0 Å². The molecule has 0 fully saturated rings. The largest absolute Gasteiger partial charge is 0.508 e. The zero-order chi connectivity index (χ0) is 20.4. The predicted molar refractivity (Wildman–Crippen MR) is 112 cm³/mol. The summed E-state index contributed by atoms with van der Waals surface area (Å²) in [4.78, 5) is 28.2. The van der Waals surface area contributed by atoms with Crippen molar-refractivity contribution in [1.29, 1.82) is 0 Å². The molecule has 29 heavy (non-hydrogen) atoms. The Balaban J connectivity index is 1.87. The SMILES string of the molecule is CCNC(=O)Nc1nc2c(-c3ncccn3)cc(-c3ccc(C)c(O)c3)cc2[nH]1. The van der Waals surface area contributed by atoms with Crippen molar-refractivity contribution < 1.29 is 9.90 Å². The Labute approximate surface area is 167 Å². The summed E-state index contributed by atoms with van der Waals surface area (Å²) in [5.41, 5.74) is 4.60. The molecule has 2 heterocycles. The van der Waals surface area contributed by atoms with Gasteiger partial charge in [-0.2, -0.15) is 0 Å². The molecule has 0 radical (unpaired) electrons. The fraction of sp³-hybridized carbons (Fsp3) is 0.143. The third kappa shape index (κ3) is 3.73. The number of urea groups is 1. The van der Waals surface area contributed by atoms with Crippen LogP contribution in [-0.2, 0) is 0 Å². The van der Waals surface area contributed by atoms with Crippen LogP contribution in [0, 0.1) is 6.92 Å². The lowest BCUT2D eigenvalue weighted by Gasteiger charge is -2.08. The van der Waals surface area contributed by atoms with E-state index in [1.165, 1.54) is 0 Å². The molecule has 0 aliphatic rings. The molecule has 0 saturated heterocycles. The number of nitrogens with one attached hydrogen (secondary N) is 3. The number of anilines is 1. The molecule has 4 aromatic rings. The number of aromatic nitrogens is 4. The van der Waals surface area contributed by atoms with E-state index < -0.39 is 0 Å². The smallest absolute Gasteiger partial charge is 0.321 e. The van der Waals surface area contributed by atoms with Gasteiger partial charge in [0.1, 0.15) is 11.3 Å². The monoisotopic (exact) mass is 388 g/mol. The zero-order valence-electron chi connectivity index (χ0n) is 16.0. The number of hydrogen-bond donors (Lipinski definition) is 4. The van der Waals surface area contributed by atoms with Gasteiger partial charge >= 0.3 is 6.03 Å². The number of benzene rings is 2. The highest BCUT2D eigenvalue weighted by molar-refractivity contribution is 5.97. The number of imidazole rings is 1. The number of fused-ring (bicyclic) bond motifs is 1. The molecule has 0 spiro atoms. The maximum atomic E-state index is 11.9. The number of aromatic amines is 1. The minimum Gasteiger partial charge on any atom is -0.508 e. The van der Waals surface area contributed by atoms with Gasteiger partial charge in [-0.05, 0) is 54.8 Å². The fourth-order valence-corrected chi connectivity index (χ4v) is 3.05. The Morgan fingerprint density at radius 2 is 1.93 bits per heavy atom. The number of hydrogen-bond acceptors (Lipinski definition) is 5. The lowest BCUT2D eigenvalue weighted by Crippen LogP contribution is -2.28. The van der Waals surface area contributed by atoms with E-state index in [4.69, 9.17) is 0 Å². The summed E-state index contributed by atoms with van der Waals surface area (Å²) in [6.07, 6.45) is 3.33. The number of carbonyl (C=O) groups excluding carboxylic acids is 1. The first-order valence-corrected chi connectivity index (χ1v) is 9.21. The highest BCUT2D eigenvalue weighted by Gasteiger charge is 2.15. The van der Waals surface area contributed by atoms with Gasteiger partial charge in [0.15, 0.2) is 5.82 Å². The van der Waals surface area contributed by atoms with Gasteiger partial charge < -0.3 is 15.4 Å². The zero-order valence-corrected chi connectivity index (χ0v) is 16.0. The van der Waals surface area contributed by atoms with Crippen molar-refractivity contribution in [3.05, 3.63) is 54.4 Å². The van der Waals surface area contributed by atoms with Gasteiger partial charge in [-0.1, -0.05) is 12.1 Å². The highest BCUT2D eigenvalue weighted by Crippen LogP contribution is 2.34. The normalized spacial score (nSPS) is 10.8. The van der Waals surface area contributed by atoms with E-state index in [1.807, 2.05) is 38.1 Å². The van der Waals surface area contributed by atoms with Gasteiger partial charge in [-0.3, -0.25) is 5.32 Å². The fourth-order valence-electron chi connectivity index (χ4n) is 3.05. The molecule has 0 aliphatic heterocycles. The molecule has 2 aromatic carbocycles. The standard InChI is InChI=1S/C21H20N6O2/c1-3-22-21(29)27-20-25-16-10-14(13-6-5-12(2)17(28)11-13)9-15(18(16)26-20)19-23-7-4-8-24-19/h4-11,28H,3H2,1-2H3,(H3,22,25,26,27,29). The predicted octanol–water partition coefficient (Wildman–Crippen LogP) is 3.84. The highest BCUT2D eigenvalue weighted by atomic mass is 16.3. The second-order valence-electron chi connectivity index (χ2n) is 6.56. The molecule has 2 amide bonds. The maximum Gasteiger partial charge on any atom is 0.321 e. The maximum absolute atomic E-state index is 11.9.